The number of hydrogen-bond acceptors (Lipinski definition) is 3. The Balaban J connectivity index is 2.10. The van der Waals surface area contributed by atoms with Crippen molar-refractivity contribution in [2.24, 2.45) is 5.92 Å². The summed E-state index contributed by atoms with van der Waals surface area (Å²) in [6.45, 7) is 2.07. The second-order valence-corrected chi connectivity index (χ2v) is 7.42. The van der Waals surface area contributed by atoms with E-state index in [0.29, 0.717) is 11.5 Å². The van der Waals surface area contributed by atoms with Gasteiger partial charge in [-0.3, -0.25) is 4.79 Å². The number of carboxylic acid groups (broad SMARTS) is 1. The Kier molecular flexibility index (Phi) is 5.00. The molecule has 2 atom stereocenters. The smallest absolute Gasteiger partial charge is 0.307 e. The molecule has 1 aliphatic carbocycles. The first kappa shape index (κ1) is 16.0. The number of nitrogens with one attached hydrogen (secondary N) is 1. The third-order valence-corrected chi connectivity index (χ3v) is 5.51. The highest BCUT2D eigenvalue weighted by atomic mass is 32.2. The van der Waals surface area contributed by atoms with Crippen molar-refractivity contribution in [1.29, 1.82) is 0 Å². The Morgan fingerprint density at radius 1 is 1.24 bits per heavy atom. The molecule has 0 bridgehead atoms. The Labute approximate surface area is 125 Å². The summed E-state index contributed by atoms with van der Waals surface area (Å²) in [5, 5.41) is 8.71. The minimum absolute atomic E-state index is 0.0116. The van der Waals surface area contributed by atoms with Crippen molar-refractivity contribution in [1.82, 2.24) is 4.72 Å². The van der Waals surface area contributed by atoms with Gasteiger partial charge < -0.3 is 5.11 Å². The van der Waals surface area contributed by atoms with Gasteiger partial charge in [-0.1, -0.05) is 31.9 Å². The molecule has 0 amide bonds. The quantitative estimate of drug-likeness (QED) is 0.873. The standard InChI is InChI=1S/C15H21NO4S/c1-11-4-2-3-5-14(11)16-21(19,20)13-8-6-12(7-9-13)10-15(17)18/h6-9,11,14,16H,2-5,10H2,1H3,(H,17,18). The largest absolute Gasteiger partial charge is 0.481 e. The number of carbonyl (C=O) groups is 1. The lowest BCUT2D eigenvalue weighted by Gasteiger charge is -2.29. The summed E-state index contributed by atoms with van der Waals surface area (Å²) < 4.78 is 27.5. The molecule has 1 aromatic carbocycles. The van der Waals surface area contributed by atoms with Crippen molar-refractivity contribution in [2.45, 2.75) is 50.0 Å². The number of hydrogen-bond donors (Lipinski definition) is 2. The van der Waals surface area contributed by atoms with Crippen LogP contribution in [-0.4, -0.2) is 25.5 Å². The maximum Gasteiger partial charge on any atom is 0.307 e. The average Bonchev–Trinajstić information content (AvgIpc) is 2.41. The van der Waals surface area contributed by atoms with Crippen molar-refractivity contribution < 1.29 is 18.3 Å². The molecule has 0 aromatic heterocycles. The summed E-state index contributed by atoms with van der Waals surface area (Å²) in [6.07, 6.45) is 4.02. The molecule has 1 saturated carbocycles. The topological polar surface area (TPSA) is 83.5 Å². The molecule has 2 N–H and O–H groups in total. The van der Waals surface area contributed by atoms with Gasteiger partial charge >= 0.3 is 5.97 Å². The molecule has 0 spiro atoms. The van der Waals surface area contributed by atoms with E-state index in [4.69, 9.17) is 5.11 Å². The van der Waals surface area contributed by atoms with Crippen molar-refractivity contribution in [3.8, 4) is 0 Å². The molecule has 1 fully saturated rings. The van der Waals surface area contributed by atoms with Crippen LogP contribution in [0.4, 0.5) is 0 Å². The highest BCUT2D eigenvalue weighted by Gasteiger charge is 2.26. The lowest BCUT2D eigenvalue weighted by atomic mass is 9.87. The molecule has 5 nitrogen and oxygen atoms in total. The van der Waals surface area contributed by atoms with E-state index in [1.807, 2.05) is 0 Å². The molecule has 0 heterocycles. The number of rotatable bonds is 5. The van der Waals surface area contributed by atoms with E-state index in [-0.39, 0.29) is 17.4 Å². The fraction of sp³-hybridized carbons (Fsp3) is 0.533. The average molecular weight is 311 g/mol. The number of aliphatic carboxylic acids is 1. The van der Waals surface area contributed by atoms with Gasteiger partial charge in [-0.05, 0) is 36.5 Å². The zero-order valence-electron chi connectivity index (χ0n) is 12.1. The minimum Gasteiger partial charge on any atom is -0.481 e. The fourth-order valence-electron chi connectivity index (χ4n) is 2.72. The number of benzene rings is 1. The Hall–Kier alpha value is -1.40. The molecule has 0 saturated heterocycles. The normalized spacial score (nSPS) is 22.9. The van der Waals surface area contributed by atoms with E-state index in [1.54, 1.807) is 12.1 Å². The zero-order chi connectivity index (χ0) is 15.5. The molecular formula is C15H21NO4S. The molecular weight excluding hydrogens is 290 g/mol. The molecule has 1 aromatic rings. The van der Waals surface area contributed by atoms with Crippen LogP contribution in [0.2, 0.25) is 0 Å². The van der Waals surface area contributed by atoms with Crippen LogP contribution in [0.5, 0.6) is 0 Å². The first-order chi connectivity index (χ1) is 9.88. The van der Waals surface area contributed by atoms with Crippen LogP contribution >= 0.6 is 0 Å². The van der Waals surface area contributed by atoms with E-state index < -0.39 is 16.0 Å². The van der Waals surface area contributed by atoms with E-state index in [0.717, 1.165) is 25.7 Å². The zero-order valence-corrected chi connectivity index (χ0v) is 12.9. The lowest BCUT2D eigenvalue weighted by molar-refractivity contribution is -0.136. The van der Waals surface area contributed by atoms with Crippen molar-refractivity contribution >= 4 is 16.0 Å². The van der Waals surface area contributed by atoms with Crippen molar-refractivity contribution in [3.63, 3.8) is 0 Å². The van der Waals surface area contributed by atoms with Crippen LogP contribution in [0.3, 0.4) is 0 Å². The van der Waals surface area contributed by atoms with Crippen LogP contribution in [0, 0.1) is 5.92 Å². The number of carboxylic acids is 1. The maximum absolute atomic E-state index is 12.4. The summed E-state index contributed by atoms with van der Waals surface area (Å²) in [5.74, 6) is -0.584. The predicted octanol–water partition coefficient (Wildman–Crippen LogP) is 2.17. The molecule has 116 valence electrons. The van der Waals surface area contributed by atoms with E-state index in [1.165, 1.54) is 12.1 Å². The first-order valence-corrected chi connectivity index (χ1v) is 8.70. The lowest BCUT2D eigenvalue weighted by Crippen LogP contribution is -2.40. The van der Waals surface area contributed by atoms with Gasteiger partial charge in [0.25, 0.3) is 0 Å². The fourth-order valence-corrected chi connectivity index (χ4v) is 4.10. The molecule has 0 aliphatic heterocycles. The van der Waals surface area contributed by atoms with Crippen LogP contribution in [-0.2, 0) is 21.2 Å². The summed E-state index contributed by atoms with van der Waals surface area (Å²) in [4.78, 5) is 10.8. The first-order valence-electron chi connectivity index (χ1n) is 7.21. The van der Waals surface area contributed by atoms with Gasteiger partial charge in [-0.2, -0.15) is 0 Å². The summed E-state index contributed by atoms with van der Waals surface area (Å²) in [7, 11) is -3.54. The summed E-state index contributed by atoms with van der Waals surface area (Å²) >= 11 is 0. The van der Waals surface area contributed by atoms with Crippen LogP contribution in [0.25, 0.3) is 0 Å². The van der Waals surface area contributed by atoms with Crippen molar-refractivity contribution in [3.05, 3.63) is 29.8 Å². The van der Waals surface area contributed by atoms with Crippen LogP contribution in [0.1, 0.15) is 38.2 Å². The molecule has 2 unspecified atom stereocenters. The summed E-state index contributed by atoms with van der Waals surface area (Å²) in [5.41, 5.74) is 0.590. The monoisotopic (exact) mass is 311 g/mol. The van der Waals surface area contributed by atoms with Gasteiger partial charge in [0.2, 0.25) is 10.0 Å². The third kappa shape index (κ3) is 4.28. The summed E-state index contributed by atoms with van der Waals surface area (Å²) in [6, 6.07) is 6.02. The Bertz CT molecular complexity index is 595. The molecule has 6 heteroatoms. The van der Waals surface area contributed by atoms with E-state index in [9.17, 15) is 13.2 Å². The van der Waals surface area contributed by atoms with Gasteiger partial charge in [0, 0.05) is 6.04 Å². The van der Waals surface area contributed by atoms with E-state index in [2.05, 4.69) is 11.6 Å². The minimum atomic E-state index is -3.54. The molecule has 0 radical (unpaired) electrons. The predicted molar refractivity (Wildman–Crippen MR) is 79.5 cm³/mol. The van der Waals surface area contributed by atoms with Gasteiger partial charge in [-0.15, -0.1) is 0 Å². The van der Waals surface area contributed by atoms with Gasteiger partial charge in [0.05, 0.1) is 11.3 Å². The second-order valence-electron chi connectivity index (χ2n) is 5.70. The maximum atomic E-state index is 12.4. The highest BCUT2D eigenvalue weighted by molar-refractivity contribution is 7.89. The molecule has 2 rings (SSSR count). The van der Waals surface area contributed by atoms with Gasteiger partial charge in [-0.25, -0.2) is 13.1 Å². The van der Waals surface area contributed by atoms with Gasteiger partial charge in [0.1, 0.15) is 0 Å². The second kappa shape index (κ2) is 6.58. The highest BCUT2D eigenvalue weighted by Crippen LogP contribution is 2.25. The van der Waals surface area contributed by atoms with Crippen molar-refractivity contribution in [2.75, 3.05) is 0 Å². The van der Waals surface area contributed by atoms with Crippen LogP contribution in [0.15, 0.2) is 29.2 Å². The molecule has 21 heavy (non-hydrogen) atoms. The number of sulfonamides is 1. The molecule has 1 aliphatic rings. The van der Waals surface area contributed by atoms with E-state index >= 15 is 0 Å². The third-order valence-electron chi connectivity index (χ3n) is 4.01. The van der Waals surface area contributed by atoms with Crippen LogP contribution < -0.4 is 4.72 Å². The Morgan fingerprint density at radius 3 is 2.43 bits per heavy atom. The SMILES string of the molecule is CC1CCCCC1NS(=O)(=O)c1ccc(CC(=O)O)cc1. The van der Waals surface area contributed by atoms with Gasteiger partial charge in [0.15, 0.2) is 0 Å². The Morgan fingerprint density at radius 2 is 1.86 bits per heavy atom.